The van der Waals surface area contributed by atoms with Crippen molar-refractivity contribution in [2.75, 3.05) is 27.4 Å². The number of hydrogen-bond donors (Lipinski definition) is 1. The zero-order valence-electron chi connectivity index (χ0n) is 7.90. The monoisotopic (exact) mass is 189 g/mol. The van der Waals surface area contributed by atoms with E-state index in [2.05, 4.69) is 4.74 Å². The number of hydrogen-bond acceptors (Lipinski definition) is 4. The van der Waals surface area contributed by atoms with Gasteiger partial charge in [0.2, 0.25) is 0 Å². The summed E-state index contributed by atoms with van der Waals surface area (Å²) in [5.74, 6) is 0. The lowest BCUT2D eigenvalue weighted by atomic mass is 10.2. The van der Waals surface area contributed by atoms with Crippen LogP contribution in [0.15, 0.2) is 0 Å². The first-order chi connectivity index (χ1) is 6.22. The van der Waals surface area contributed by atoms with Crippen molar-refractivity contribution < 1.29 is 19.4 Å². The molecule has 5 heteroatoms. The maximum Gasteiger partial charge on any atom is 0.409 e. The van der Waals surface area contributed by atoms with Crippen LogP contribution in [0.1, 0.15) is 6.42 Å². The van der Waals surface area contributed by atoms with Crippen LogP contribution in [-0.4, -0.2) is 55.6 Å². The Bertz CT molecular complexity index is 185. The Labute approximate surface area is 77.2 Å². The lowest BCUT2D eigenvalue weighted by molar-refractivity contribution is 0.0912. The third-order valence-electron chi connectivity index (χ3n) is 2.33. The van der Waals surface area contributed by atoms with E-state index < -0.39 is 6.09 Å². The highest BCUT2D eigenvalue weighted by molar-refractivity contribution is 5.68. The van der Waals surface area contributed by atoms with Crippen LogP contribution in [0.5, 0.6) is 0 Å². The average Bonchev–Trinajstić information content (AvgIpc) is 2.59. The van der Waals surface area contributed by atoms with Crippen LogP contribution in [-0.2, 0) is 9.47 Å². The Balaban J connectivity index is 2.57. The number of aliphatic hydroxyl groups excluding tert-OH is 1. The molecular weight excluding hydrogens is 174 g/mol. The van der Waals surface area contributed by atoms with Gasteiger partial charge in [0.05, 0.1) is 32.4 Å². The van der Waals surface area contributed by atoms with Crippen molar-refractivity contribution in [2.24, 2.45) is 0 Å². The summed E-state index contributed by atoms with van der Waals surface area (Å²) in [6, 6.07) is -0.169. The molecule has 0 aromatic heterocycles. The minimum atomic E-state index is -0.404. The van der Waals surface area contributed by atoms with Crippen molar-refractivity contribution in [3.8, 4) is 0 Å². The predicted molar refractivity (Wildman–Crippen MR) is 45.4 cm³/mol. The number of likely N-dealkylation sites (tertiary alicyclic amines) is 1. The van der Waals surface area contributed by atoms with Gasteiger partial charge >= 0.3 is 6.09 Å². The number of nitrogens with zero attached hydrogens (tertiary/aromatic N) is 1. The van der Waals surface area contributed by atoms with Gasteiger partial charge in [-0.2, -0.15) is 0 Å². The summed E-state index contributed by atoms with van der Waals surface area (Å²) >= 11 is 0. The largest absolute Gasteiger partial charge is 0.453 e. The topological polar surface area (TPSA) is 59.0 Å². The fraction of sp³-hybridized carbons (Fsp3) is 0.875. The Morgan fingerprint density at radius 2 is 2.31 bits per heavy atom. The number of aliphatic hydroxyl groups is 1. The van der Waals surface area contributed by atoms with E-state index in [1.807, 2.05) is 0 Å². The number of carbonyl (C=O) groups excluding carboxylic acids is 1. The highest BCUT2D eigenvalue weighted by Gasteiger charge is 2.35. The first-order valence-corrected chi connectivity index (χ1v) is 4.21. The number of amides is 1. The second-order valence-corrected chi connectivity index (χ2v) is 3.05. The molecule has 1 fully saturated rings. The molecule has 1 aliphatic rings. The number of ether oxygens (including phenoxy) is 2. The molecule has 0 aromatic rings. The summed E-state index contributed by atoms with van der Waals surface area (Å²) in [5.41, 5.74) is 0. The lowest BCUT2D eigenvalue weighted by Crippen LogP contribution is -2.37. The zero-order valence-corrected chi connectivity index (χ0v) is 7.90. The van der Waals surface area contributed by atoms with Crippen LogP contribution in [0.4, 0.5) is 4.79 Å². The van der Waals surface area contributed by atoms with Gasteiger partial charge in [-0.3, -0.25) is 0 Å². The molecule has 0 bridgehead atoms. The maximum absolute atomic E-state index is 11.2. The van der Waals surface area contributed by atoms with E-state index in [0.717, 1.165) is 0 Å². The maximum atomic E-state index is 11.2. The normalized spacial score (nSPS) is 27.8. The van der Waals surface area contributed by atoms with Gasteiger partial charge in [0, 0.05) is 7.11 Å². The molecule has 0 radical (unpaired) electrons. The molecule has 0 spiro atoms. The molecule has 2 atom stereocenters. The molecule has 2 unspecified atom stereocenters. The van der Waals surface area contributed by atoms with E-state index in [1.165, 1.54) is 12.0 Å². The van der Waals surface area contributed by atoms with Gasteiger partial charge in [0.25, 0.3) is 0 Å². The van der Waals surface area contributed by atoms with Gasteiger partial charge in [-0.25, -0.2) is 4.79 Å². The molecule has 1 rings (SSSR count). The minimum Gasteiger partial charge on any atom is -0.453 e. The van der Waals surface area contributed by atoms with Gasteiger partial charge in [0.1, 0.15) is 0 Å². The van der Waals surface area contributed by atoms with Gasteiger partial charge in [-0.1, -0.05) is 0 Å². The Morgan fingerprint density at radius 1 is 1.62 bits per heavy atom. The van der Waals surface area contributed by atoms with E-state index in [9.17, 15) is 4.79 Å². The molecule has 1 N–H and O–H groups in total. The van der Waals surface area contributed by atoms with E-state index in [0.29, 0.717) is 13.0 Å². The average molecular weight is 189 g/mol. The smallest absolute Gasteiger partial charge is 0.409 e. The molecule has 1 saturated heterocycles. The van der Waals surface area contributed by atoms with Gasteiger partial charge in [0.15, 0.2) is 0 Å². The molecule has 1 heterocycles. The fourth-order valence-electron chi connectivity index (χ4n) is 1.56. The molecular formula is C8H15NO4. The molecule has 0 aromatic carbocycles. The zero-order chi connectivity index (χ0) is 9.84. The van der Waals surface area contributed by atoms with Crippen molar-refractivity contribution in [2.45, 2.75) is 18.6 Å². The number of rotatable bonds is 2. The predicted octanol–water partition coefficient (Wildman–Crippen LogP) is -0.166. The molecule has 1 amide bonds. The van der Waals surface area contributed by atoms with E-state index in [4.69, 9.17) is 9.84 Å². The van der Waals surface area contributed by atoms with E-state index in [-0.39, 0.29) is 18.8 Å². The third-order valence-corrected chi connectivity index (χ3v) is 2.33. The first kappa shape index (κ1) is 10.3. The van der Waals surface area contributed by atoms with Crippen LogP contribution < -0.4 is 0 Å². The second kappa shape index (κ2) is 4.43. The molecule has 0 saturated carbocycles. The Morgan fingerprint density at radius 3 is 2.77 bits per heavy atom. The molecule has 5 nitrogen and oxygen atoms in total. The minimum absolute atomic E-state index is 0.0104. The van der Waals surface area contributed by atoms with Crippen LogP contribution >= 0.6 is 0 Å². The van der Waals surface area contributed by atoms with E-state index in [1.54, 1.807) is 7.11 Å². The summed E-state index contributed by atoms with van der Waals surface area (Å²) < 4.78 is 9.69. The Hall–Kier alpha value is -0.810. The summed E-state index contributed by atoms with van der Waals surface area (Å²) in [4.78, 5) is 12.7. The van der Waals surface area contributed by atoms with E-state index >= 15 is 0 Å². The van der Waals surface area contributed by atoms with Gasteiger partial charge in [-0.15, -0.1) is 0 Å². The summed E-state index contributed by atoms with van der Waals surface area (Å²) in [6.45, 7) is 0.448. The van der Waals surface area contributed by atoms with Crippen molar-refractivity contribution in [1.82, 2.24) is 4.90 Å². The first-order valence-electron chi connectivity index (χ1n) is 4.21. The number of carbonyl (C=O) groups is 1. The highest BCUT2D eigenvalue weighted by atomic mass is 16.5. The van der Waals surface area contributed by atoms with Crippen LogP contribution in [0, 0.1) is 0 Å². The van der Waals surface area contributed by atoms with Gasteiger partial charge < -0.3 is 19.5 Å². The molecule has 1 aliphatic heterocycles. The highest BCUT2D eigenvalue weighted by Crippen LogP contribution is 2.20. The molecule has 0 aliphatic carbocycles. The van der Waals surface area contributed by atoms with Gasteiger partial charge in [-0.05, 0) is 6.42 Å². The van der Waals surface area contributed by atoms with Crippen LogP contribution in [0.3, 0.4) is 0 Å². The summed E-state index contributed by atoms with van der Waals surface area (Å²) in [5, 5.41) is 8.99. The lowest BCUT2D eigenvalue weighted by Gasteiger charge is -2.20. The fourth-order valence-corrected chi connectivity index (χ4v) is 1.56. The van der Waals surface area contributed by atoms with Crippen molar-refractivity contribution in [1.29, 1.82) is 0 Å². The summed E-state index contributed by atoms with van der Waals surface area (Å²) in [7, 11) is 2.93. The van der Waals surface area contributed by atoms with Crippen molar-refractivity contribution in [3.63, 3.8) is 0 Å². The number of methoxy groups -OCH3 is 2. The van der Waals surface area contributed by atoms with Crippen molar-refractivity contribution in [3.05, 3.63) is 0 Å². The molecule has 13 heavy (non-hydrogen) atoms. The summed E-state index contributed by atoms with van der Waals surface area (Å²) in [6.07, 6.45) is 0.275. The molecule has 76 valence electrons. The van der Waals surface area contributed by atoms with Crippen molar-refractivity contribution >= 4 is 6.09 Å². The quantitative estimate of drug-likeness (QED) is 0.655. The standard InChI is InChI=1S/C8H15NO4/c1-12-7-3-6(5-10)9(4-7)8(11)13-2/h6-7,10H,3-5H2,1-2H3. The van der Waals surface area contributed by atoms with Crippen LogP contribution in [0.2, 0.25) is 0 Å². The second-order valence-electron chi connectivity index (χ2n) is 3.05. The third kappa shape index (κ3) is 2.10. The Kier molecular flexibility index (Phi) is 3.50. The van der Waals surface area contributed by atoms with Crippen LogP contribution in [0.25, 0.3) is 0 Å². The SMILES string of the molecule is COC(=O)N1CC(OC)CC1CO.